The smallest absolute Gasteiger partial charge is 0.226 e. The van der Waals surface area contributed by atoms with Crippen LogP contribution in [0.2, 0.25) is 0 Å². The molecule has 4 nitrogen and oxygen atoms in total. The van der Waals surface area contributed by atoms with Crippen molar-refractivity contribution < 1.29 is 14.6 Å². The topological polar surface area (TPSA) is 50.7 Å². The minimum absolute atomic E-state index is 0.0103. The summed E-state index contributed by atoms with van der Waals surface area (Å²) in [5.74, 6) is 0.192. The van der Waals surface area contributed by atoms with Crippen LogP contribution in [0.15, 0.2) is 54.6 Å². The molecule has 3 rings (SSSR count). The van der Waals surface area contributed by atoms with Gasteiger partial charge in [-0.05, 0) is 43.5 Å². The first-order valence-electron chi connectivity index (χ1n) is 9.02. The molecule has 0 radical (unpaired) electrons. The van der Waals surface area contributed by atoms with Crippen LogP contribution in [-0.2, 0) is 17.8 Å². The highest BCUT2D eigenvalue weighted by Crippen LogP contribution is 2.36. The molecule has 0 saturated heterocycles. The molecule has 2 atom stereocenters. The lowest BCUT2D eigenvalue weighted by molar-refractivity contribution is -0.217. The Hall–Kier alpha value is -1.88. The number of ether oxygens (including phenoxy) is 2. The van der Waals surface area contributed by atoms with Gasteiger partial charge in [0.15, 0.2) is 0 Å². The van der Waals surface area contributed by atoms with E-state index in [2.05, 4.69) is 30.4 Å². The molecule has 0 fully saturated rings. The second-order valence-corrected chi connectivity index (χ2v) is 6.55. The van der Waals surface area contributed by atoms with Crippen molar-refractivity contribution in [2.24, 2.45) is 0 Å². The Balaban J connectivity index is 1.76. The Kier molecular flexibility index (Phi) is 6.08. The van der Waals surface area contributed by atoms with Gasteiger partial charge < -0.3 is 19.9 Å². The lowest BCUT2D eigenvalue weighted by Crippen LogP contribution is -2.56. The van der Waals surface area contributed by atoms with Crippen molar-refractivity contribution in [2.45, 2.75) is 44.6 Å². The predicted molar refractivity (Wildman–Crippen MR) is 98.5 cm³/mol. The number of nitrogens with one attached hydrogen (secondary N) is 1. The molecule has 25 heavy (non-hydrogen) atoms. The maximum absolute atomic E-state index is 9.03. The number of para-hydroxylation sites is 1. The third kappa shape index (κ3) is 4.40. The first-order chi connectivity index (χ1) is 12.2. The van der Waals surface area contributed by atoms with Crippen LogP contribution in [0.1, 0.15) is 30.9 Å². The van der Waals surface area contributed by atoms with Gasteiger partial charge in [-0.25, -0.2) is 0 Å². The number of aliphatic hydroxyl groups is 1. The molecule has 0 bridgehead atoms. The average molecular weight is 341 g/mol. The molecular formula is C21H27NO3. The summed E-state index contributed by atoms with van der Waals surface area (Å²) in [7, 11) is 0. The summed E-state index contributed by atoms with van der Waals surface area (Å²) < 4.78 is 12.7. The van der Waals surface area contributed by atoms with Gasteiger partial charge in [-0.15, -0.1) is 0 Å². The molecular weight excluding hydrogens is 314 g/mol. The Bertz CT molecular complexity index is 661. The van der Waals surface area contributed by atoms with E-state index >= 15 is 0 Å². The van der Waals surface area contributed by atoms with Crippen LogP contribution in [0.4, 0.5) is 0 Å². The number of benzene rings is 2. The highest BCUT2D eigenvalue weighted by atomic mass is 16.7. The zero-order valence-electron chi connectivity index (χ0n) is 14.8. The van der Waals surface area contributed by atoms with E-state index in [-0.39, 0.29) is 12.6 Å². The fraction of sp³-hybridized carbons (Fsp3) is 0.429. The van der Waals surface area contributed by atoms with Crippen molar-refractivity contribution in [1.82, 2.24) is 5.32 Å². The van der Waals surface area contributed by atoms with Gasteiger partial charge in [0.05, 0.1) is 12.6 Å². The lowest BCUT2D eigenvalue weighted by atomic mass is 9.94. The Morgan fingerprint density at radius 3 is 2.72 bits per heavy atom. The molecule has 0 saturated carbocycles. The van der Waals surface area contributed by atoms with Gasteiger partial charge in [0.1, 0.15) is 5.75 Å². The van der Waals surface area contributed by atoms with Crippen molar-refractivity contribution in [3.8, 4) is 5.75 Å². The maximum atomic E-state index is 9.03. The number of hydrogen-bond acceptors (Lipinski definition) is 4. The third-order valence-electron chi connectivity index (χ3n) is 4.77. The summed E-state index contributed by atoms with van der Waals surface area (Å²) in [6.07, 6.45) is 2.44. The average Bonchev–Trinajstić information content (AvgIpc) is 2.67. The molecule has 0 spiro atoms. The fourth-order valence-electron chi connectivity index (χ4n) is 3.22. The van der Waals surface area contributed by atoms with Crippen LogP contribution < -0.4 is 10.1 Å². The van der Waals surface area contributed by atoms with Crippen molar-refractivity contribution in [3.63, 3.8) is 0 Å². The normalized spacial score (nSPS) is 20.6. The monoisotopic (exact) mass is 341 g/mol. The van der Waals surface area contributed by atoms with E-state index in [1.165, 1.54) is 5.56 Å². The Labute approximate surface area is 149 Å². The largest absolute Gasteiger partial charge is 0.460 e. The first kappa shape index (κ1) is 17.9. The summed E-state index contributed by atoms with van der Waals surface area (Å²) in [6.45, 7) is 3.52. The molecule has 1 aliphatic heterocycles. The highest BCUT2D eigenvalue weighted by molar-refractivity contribution is 5.36. The first-order valence-corrected chi connectivity index (χ1v) is 9.02. The summed E-state index contributed by atoms with van der Waals surface area (Å²) in [5.41, 5.74) is 2.36. The van der Waals surface area contributed by atoms with Gasteiger partial charge in [0, 0.05) is 13.0 Å². The summed E-state index contributed by atoms with van der Waals surface area (Å²) in [5, 5.41) is 12.5. The molecule has 134 valence electrons. The highest BCUT2D eigenvalue weighted by Gasteiger charge is 2.42. The van der Waals surface area contributed by atoms with Crippen LogP contribution in [-0.4, -0.2) is 30.1 Å². The van der Waals surface area contributed by atoms with Gasteiger partial charge >= 0.3 is 0 Å². The van der Waals surface area contributed by atoms with Gasteiger partial charge in [0.25, 0.3) is 0 Å². The van der Waals surface area contributed by atoms with Gasteiger partial charge in [-0.1, -0.05) is 48.5 Å². The molecule has 2 aromatic rings. The summed E-state index contributed by atoms with van der Waals surface area (Å²) in [4.78, 5) is 0. The second kappa shape index (κ2) is 8.48. The van der Waals surface area contributed by atoms with Gasteiger partial charge in [-0.3, -0.25) is 0 Å². The number of rotatable bonds is 8. The van der Waals surface area contributed by atoms with E-state index < -0.39 is 5.79 Å². The van der Waals surface area contributed by atoms with E-state index in [1.807, 2.05) is 36.4 Å². The number of hydrogen-bond donors (Lipinski definition) is 2. The van der Waals surface area contributed by atoms with E-state index in [1.54, 1.807) is 0 Å². The molecule has 0 amide bonds. The van der Waals surface area contributed by atoms with Crippen LogP contribution in [0.3, 0.4) is 0 Å². The molecule has 0 aliphatic carbocycles. The zero-order chi connectivity index (χ0) is 17.5. The third-order valence-corrected chi connectivity index (χ3v) is 4.77. The second-order valence-electron chi connectivity index (χ2n) is 6.55. The van der Waals surface area contributed by atoms with Gasteiger partial charge in [0.2, 0.25) is 5.79 Å². The molecule has 2 unspecified atom stereocenters. The van der Waals surface area contributed by atoms with E-state index in [9.17, 15) is 0 Å². The zero-order valence-corrected chi connectivity index (χ0v) is 14.8. The molecule has 1 heterocycles. The van der Waals surface area contributed by atoms with Crippen LogP contribution in [0.5, 0.6) is 5.75 Å². The summed E-state index contributed by atoms with van der Waals surface area (Å²) in [6, 6.07) is 18.3. The molecule has 0 aromatic heterocycles. The fourth-order valence-corrected chi connectivity index (χ4v) is 3.22. The van der Waals surface area contributed by atoms with E-state index in [0.29, 0.717) is 6.61 Å². The minimum Gasteiger partial charge on any atom is -0.460 e. The molecule has 1 aliphatic rings. The van der Waals surface area contributed by atoms with Crippen LogP contribution in [0, 0.1) is 0 Å². The quantitative estimate of drug-likeness (QED) is 0.724. The Morgan fingerprint density at radius 1 is 1.16 bits per heavy atom. The Morgan fingerprint density at radius 2 is 1.92 bits per heavy atom. The van der Waals surface area contributed by atoms with E-state index in [0.717, 1.165) is 37.1 Å². The number of aliphatic hydroxyl groups excluding tert-OH is 1. The minimum atomic E-state index is -0.709. The summed E-state index contributed by atoms with van der Waals surface area (Å²) >= 11 is 0. The van der Waals surface area contributed by atoms with Crippen LogP contribution in [0.25, 0.3) is 0 Å². The SMILES string of the molecule is CC(NCCCO)C1(OCc2ccccc2)CCc2ccccc2O1. The predicted octanol–water partition coefficient (Wildman–Crippen LogP) is 3.29. The number of fused-ring (bicyclic) bond motifs is 1. The van der Waals surface area contributed by atoms with Crippen molar-refractivity contribution in [3.05, 3.63) is 65.7 Å². The number of aryl methyl sites for hydroxylation is 1. The lowest BCUT2D eigenvalue weighted by Gasteiger charge is -2.42. The van der Waals surface area contributed by atoms with Crippen LogP contribution >= 0.6 is 0 Å². The maximum Gasteiger partial charge on any atom is 0.226 e. The molecule has 4 heteroatoms. The van der Waals surface area contributed by atoms with E-state index in [4.69, 9.17) is 14.6 Å². The van der Waals surface area contributed by atoms with Gasteiger partial charge in [-0.2, -0.15) is 0 Å². The molecule has 2 aromatic carbocycles. The standard InChI is InChI=1S/C21H27NO3/c1-17(22-14-7-15-23)21(24-16-18-8-3-2-4-9-18)13-12-19-10-5-6-11-20(19)25-21/h2-6,8-11,17,22-23H,7,12-16H2,1H3. The van der Waals surface area contributed by atoms with Crippen molar-refractivity contribution in [2.75, 3.05) is 13.2 Å². The van der Waals surface area contributed by atoms with Crippen molar-refractivity contribution >= 4 is 0 Å². The molecule has 2 N–H and O–H groups in total. The van der Waals surface area contributed by atoms with Crippen molar-refractivity contribution in [1.29, 1.82) is 0 Å².